The molecule has 0 aliphatic carbocycles. The van der Waals surface area contributed by atoms with Crippen LogP contribution in [0.3, 0.4) is 0 Å². The molecular weight excluding hydrogens is 362 g/mol. The van der Waals surface area contributed by atoms with Crippen LogP contribution in [0, 0.1) is 0 Å². The number of ether oxygens (including phenoxy) is 1. The van der Waals surface area contributed by atoms with E-state index in [2.05, 4.69) is 4.72 Å². The molecule has 0 saturated heterocycles. The fraction of sp³-hybridized carbons (Fsp3) is 0.238. The van der Waals surface area contributed by atoms with E-state index in [4.69, 9.17) is 4.74 Å². The molecule has 0 atom stereocenters. The van der Waals surface area contributed by atoms with Crippen molar-refractivity contribution in [1.82, 2.24) is 0 Å². The minimum atomic E-state index is -3.32. The molecule has 3 aromatic rings. The Labute approximate surface area is 159 Å². The molecule has 3 aromatic carbocycles. The fourth-order valence-corrected chi connectivity index (χ4v) is 4.04. The number of sulfonamides is 1. The summed E-state index contributed by atoms with van der Waals surface area (Å²) in [4.78, 5) is 0. The molecule has 5 nitrogen and oxygen atoms in total. The molecule has 0 heterocycles. The van der Waals surface area contributed by atoms with Crippen molar-refractivity contribution in [2.24, 2.45) is 0 Å². The molecule has 0 aromatic heterocycles. The average Bonchev–Trinajstić information content (AvgIpc) is 2.67. The largest absolute Gasteiger partial charge is 0.457 e. The molecule has 2 N–H and O–H groups in total. The molecule has 0 spiro atoms. The van der Waals surface area contributed by atoms with Crippen LogP contribution in [-0.4, -0.2) is 19.3 Å². The van der Waals surface area contributed by atoms with Crippen LogP contribution in [0.1, 0.15) is 25.3 Å². The summed E-state index contributed by atoms with van der Waals surface area (Å²) in [5, 5.41) is 11.2. The summed E-state index contributed by atoms with van der Waals surface area (Å²) in [7, 11) is -3.32. The Bertz CT molecular complexity index is 1010. The maximum absolute atomic E-state index is 12.0. The first kappa shape index (κ1) is 19.2. The van der Waals surface area contributed by atoms with Gasteiger partial charge in [-0.25, -0.2) is 8.42 Å². The van der Waals surface area contributed by atoms with Gasteiger partial charge in [0.25, 0.3) is 0 Å². The van der Waals surface area contributed by atoms with Gasteiger partial charge >= 0.3 is 0 Å². The van der Waals surface area contributed by atoms with E-state index >= 15 is 0 Å². The zero-order valence-corrected chi connectivity index (χ0v) is 16.0. The van der Waals surface area contributed by atoms with Crippen LogP contribution in [0.25, 0.3) is 10.8 Å². The van der Waals surface area contributed by atoms with E-state index in [1.807, 2.05) is 43.3 Å². The van der Waals surface area contributed by atoms with Crippen LogP contribution in [0.2, 0.25) is 0 Å². The number of rotatable bonds is 8. The van der Waals surface area contributed by atoms with E-state index in [1.165, 1.54) is 0 Å². The summed E-state index contributed by atoms with van der Waals surface area (Å²) in [5.41, 5.74) is 1.36. The van der Waals surface area contributed by atoms with Gasteiger partial charge in [-0.05, 0) is 53.8 Å². The Hall–Kier alpha value is -2.57. The lowest BCUT2D eigenvalue weighted by atomic mass is 10.1. The monoisotopic (exact) mass is 385 g/mol. The van der Waals surface area contributed by atoms with E-state index < -0.39 is 10.0 Å². The lowest BCUT2D eigenvalue weighted by Gasteiger charge is -2.11. The highest BCUT2D eigenvalue weighted by Crippen LogP contribution is 2.31. The van der Waals surface area contributed by atoms with Crippen molar-refractivity contribution in [3.63, 3.8) is 0 Å². The van der Waals surface area contributed by atoms with Gasteiger partial charge < -0.3 is 9.84 Å². The first-order chi connectivity index (χ1) is 13.0. The molecule has 0 fully saturated rings. The summed E-state index contributed by atoms with van der Waals surface area (Å²) >= 11 is 0. The van der Waals surface area contributed by atoms with E-state index in [9.17, 15) is 13.5 Å². The first-order valence-corrected chi connectivity index (χ1v) is 10.6. The number of aliphatic hydroxyl groups excluding tert-OH is 1. The summed E-state index contributed by atoms with van der Waals surface area (Å²) in [6, 6.07) is 18.3. The van der Waals surface area contributed by atoms with Crippen molar-refractivity contribution in [2.45, 2.75) is 26.4 Å². The molecule has 142 valence electrons. The number of benzene rings is 3. The fourth-order valence-electron chi connectivity index (χ4n) is 2.77. The quantitative estimate of drug-likeness (QED) is 0.591. The van der Waals surface area contributed by atoms with E-state index in [0.29, 0.717) is 23.6 Å². The molecule has 0 amide bonds. The minimum Gasteiger partial charge on any atom is -0.457 e. The van der Waals surface area contributed by atoms with Crippen LogP contribution < -0.4 is 9.46 Å². The van der Waals surface area contributed by atoms with Gasteiger partial charge in [-0.1, -0.05) is 37.6 Å². The van der Waals surface area contributed by atoms with Crippen molar-refractivity contribution in [1.29, 1.82) is 0 Å². The third-order valence-corrected chi connectivity index (χ3v) is 5.58. The van der Waals surface area contributed by atoms with Crippen molar-refractivity contribution in [2.75, 3.05) is 10.5 Å². The van der Waals surface area contributed by atoms with E-state index in [-0.39, 0.29) is 12.4 Å². The SMILES string of the molecule is CCCCS(=O)(=O)Nc1ccc(Oc2cccc3cc(CO)ccc23)cc1. The van der Waals surface area contributed by atoms with E-state index in [1.54, 1.807) is 24.3 Å². The molecule has 6 heteroatoms. The Morgan fingerprint density at radius 2 is 1.81 bits per heavy atom. The Balaban J connectivity index is 1.76. The molecule has 0 radical (unpaired) electrons. The third kappa shape index (κ3) is 4.99. The smallest absolute Gasteiger partial charge is 0.232 e. The normalized spacial score (nSPS) is 11.5. The van der Waals surface area contributed by atoms with E-state index in [0.717, 1.165) is 22.8 Å². The zero-order valence-electron chi connectivity index (χ0n) is 15.2. The van der Waals surface area contributed by atoms with Gasteiger partial charge in [0.15, 0.2) is 0 Å². The highest BCUT2D eigenvalue weighted by molar-refractivity contribution is 7.92. The number of nitrogens with one attached hydrogen (secondary N) is 1. The Morgan fingerprint density at radius 3 is 2.52 bits per heavy atom. The highest BCUT2D eigenvalue weighted by Gasteiger charge is 2.10. The molecule has 0 bridgehead atoms. The molecule has 0 aliphatic heterocycles. The second-order valence-electron chi connectivity index (χ2n) is 6.37. The van der Waals surface area contributed by atoms with Crippen LogP contribution in [0.4, 0.5) is 5.69 Å². The van der Waals surface area contributed by atoms with Gasteiger partial charge in [-0.2, -0.15) is 0 Å². The van der Waals surface area contributed by atoms with Crippen LogP contribution in [0.5, 0.6) is 11.5 Å². The number of hydrogen-bond donors (Lipinski definition) is 2. The van der Waals surface area contributed by atoms with Gasteiger partial charge in [0.2, 0.25) is 10.0 Å². The van der Waals surface area contributed by atoms with Crippen LogP contribution in [0.15, 0.2) is 60.7 Å². The number of hydrogen-bond acceptors (Lipinski definition) is 4. The average molecular weight is 385 g/mol. The Morgan fingerprint density at radius 1 is 1.04 bits per heavy atom. The number of anilines is 1. The number of fused-ring (bicyclic) bond motifs is 1. The standard InChI is InChI=1S/C21H23NO4S/c1-2-3-13-27(24,25)22-18-8-10-19(11-9-18)26-21-6-4-5-17-14-16(15-23)7-12-20(17)21/h4-12,14,22-23H,2-3,13,15H2,1H3. The van der Waals surface area contributed by atoms with Gasteiger partial charge in [0, 0.05) is 11.1 Å². The molecule has 3 rings (SSSR count). The zero-order chi connectivity index (χ0) is 19.3. The summed E-state index contributed by atoms with van der Waals surface area (Å²) in [5.74, 6) is 1.44. The lowest BCUT2D eigenvalue weighted by molar-refractivity contribution is 0.282. The van der Waals surface area contributed by atoms with Crippen LogP contribution >= 0.6 is 0 Å². The molecule has 27 heavy (non-hydrogen) atoms. The van der Waals surface area contributed by atoms with Gasteiger partial charge in [-0.3, -0.25) is 4.72 Å². The highest BCUT2D eigenvalue weighted by atomic mass is 32.2. The third-order valence-electron chi connectivity index (χ3n) is 4.21. The molecule has 0 saturated carbocycles. The van der Waals surface area contributed by atoms with Crippen molar-refractivity contribution in [3.8, 4) is 11.5 Å². The van der Waals surface area contributed by atoms with Crippen molar-refractivity contribution >= 4 is 26.5 Å². The van der Waals surface area contributed by atoms with Gasteiger partial charge in [-0.15, -0.1) is 0 Å². The summed E-state index contributed by atoms with van der Waals surface area (Å²) in [6.07, 6.45) is 1.47. The number of unbranched alkanes of at least 4 members (excludes halogenated alkanes) is 1. The second-order valence-corrected chi connectivity index (χ2v) is 8.21. The predicted molar refractivity (Wildman–Crippen MR) is 109 cm³/mol. The molecular formula is C21H23NO4S. The second kappa shape index (κ2) is 8.41. The number of aliphatic hydroxyl groups is 1. The maximum atomic E-state index is 12.0. The van der Waals surface area contributed by atoms with Crippen molar-refractivity contribution < 1.29 is 18.3 Å². The van der Waals surface area contributed by atoms with Gasteiger partial charge in [0.1, 0.15) is 11.5 Å². The first-order valence-electron chi connectivity index (χ1n) is 8.91. The lowest BCUT2D eigenvalue weighted by Crippen LogP contribution is -2.16. The topological polar surface area (TPSA) is 75.6 Å². The molecule has 0 unspecified atom stereocenters. The summed E-state index contributed by atoms with van der Waals surface area (Å²) < 4.78 is 32.5. The minimum absolute atomic E-state index is 0.00332. The molecule has 0 aliphatic rings. The Kier molecular flexibility index (Phi) is 5.98. The van der Waals surface area contributed by atoms with Gasteiger partial charge in [0.05, 0.1) is 12.4 Å². The predicted octanol–water partition coefficient (Wildman–Crippen LogP) is 4.67. The summed E-state index contributed by atoms with van der Waals surface area (Å²) in [6.45, 7) is 1.95. The maximum Gasteiger partial charge on any atom is 0.232 e. The van der Waals surface area contributed by atoms with Crippen LogP contribution in [-0.2, 0) is 16.6 Å². The van der Waals surface area contributed by atoms with Crippen molar-refractivity contribution in [3.05, 3.63) is 66.2 Å².